The minimum atomic E-state index is -0.450. The predicted molar refractivity (Wildman–Crippen MR) is 121 cm³/mol. The maximum atomic E-state index is 12.6. The molecule has 6 heteroatoms. The number of hydrogen-bond acceptors (Lipinski definition) is 6. The number of hydrogen-bond donors (Lipinski definition) is 0. The number of fused-ring (bicyclic) bond motifs is 1. The van der Waals surface area contributed by atoms with Crippen LogP contribution in [0.15, 0.2) is 65.3 Å². The molecule has 1 saturated heterocycles. The minimum absolute atomic E-state index is 0.279. The molecule has 31 heavy (non-hydrogen) atoms. The van der Waals surface area contributed by atoms with Gasteiger partial charge in [-0.1, -0.05) is 18.2 Å². The zero-order valence-corrected chi connectivity index (χ0v) is 17.4. The van der Waals surface area contributed by atoms with E-state index in [1.807, 2.05) is 54.6 Å². The summed E-state index contributed by atoms with van der Waals surface area (Å²) in [5.41, 5.74) is 2.80. The normalized spacial score (nSPS) is 17.7. The Balaban J connectivity index is 1.61. The van der Waals surface area contributed by atoms with E-state index >= 15 is 0 Å². The predicted octanol–water partition coefficient (Wildman–Crippen LogP) is 4.58. The number of aromatic nitrogens is 1. The van der Waals surface area contributed by atoms with Crippen LogP contribution in [0.3, 0.4) is 0 Å². The zero-order chi connectivity index (χ0) is 21.2. The fourth-order valence-electron chi connectivity index (χ4n) is 4.01. The van der Waals surface area contributed by atoms with E-state index in [0.29, 0.717) is 5.90 Å². The van der Waals surface area contributed by atoms with Crippen LogP contribution < -0.4 is 9.64 Å². The number of methoxy groups -OCH3 is 1. The lowest BCUT2D eigenvalue weighted by Gasteiger charge is -2.29. The number of piperidine rings is 1. The number of carbonyl (C=O) groups is 1. The van der Waals surface area contributed by atoms with Gasteiger partial charge >= 0.3 is 5.97 Å². The molecule has 3 aromatic rings. The van der Waals surface area contributed by atoms with Crippen LogP contribution >= 0.6 is 0 Å². The van der Waals surface area contributed by atoms with Crippen LogP contribution in [-0.2, 0) is 9.53 Å². The lowest BCUT2D eigenvalue weighted by molar-refractivity contribution is -0.129. The molecule has 3 heterocycles. The van der Waals surface area contributed by atoms with Crippen molar-refractivity contribution >= 4 is 34.7 Å². The standard InChI is InChI=1S/C25H23N3O3/c1-30-20-10-11-21-18(15-20)14-19(23(26-21)28-12-6-3-7-13-28)16-22-25(29)31-24(27-22)17-8-4-2-5-9-17/h2,4-5,8-11,14-16H,3,6-7,12-13H2,1H3. The monoisotopic (exact) mass is 413 g/mol. The van der Waals surface area contributed by atoms with Crippen LogP contribution in [0.1, 0.15) is 30.4 Å². The first-order chi connectivity index (χ1) is 15.2. The van der Waals surface area contributed by atoms with Gasteiger partial charge in [-0.2, -0.15) is 0 Å². The van der Waals surface area contributed by atoms with Gasteiger partial charge < -0.3 is 14.4 Å². The average Bonchev–Trinajstić information content (AvgIpc) is 3.19. The van der Waals surface area contributed by atoms with Gasteiger partial charge in [-0.05, 0) is 61.7 Å². The van der Waals surface area contributed by atoms with Crippen molar-refractivity contribution in [2.24, 2.45) is 4.99 Å². The molecule has 0 bridgehead atoms. The molecule has 0 radical (unpaired) electrons. The number of carbonyl (C=O) groups excluding carboxylic acids is 1. The molecule has 2 aromatic carbocycles. The molecule has 156 valence electrons. The number of benzene rings is 2. The van der Waals surface area contributed by atoms with Gasteiger partial charge in [0.2, 0.25) is 5.90 Å². The van der Waals surface area contributed by atoms with E-state index in [1.54, 1.807) is 13.2 Å². The molecule has 0 spiro atoms. The Morgan fingerprint density at radius 3 is 2.61 bits per heavy atom. The summed E-state index contributed by atoms with van der Waals surface area (Å²) in [7, 11) is 1.65. The summed E-state index contributed by atoms with van der Waals surface area (Å²) >= 11 is 0. The highest BCUT2D eigenvalue weighted by molar-refractivity contribution is 6.13. The van der Waals surface area contributed by atoms with Crippen molar-refractivity contribution in [3.63, 3.8) is 0 Å². The summed E-state index contributed by atoms with van der Waals surface area (Å²) in [4.78, 5) is 24.3. The first-order valence-corrected chi connectivity index (χ1v) is 10.5. The lowest BCUT2D eigenvalue weighted by atomic mass is 10.1. The first kappa shape index (κ1) is 19.3. The molecule has 1 aromatic heterocycles. The summed E-state index contributed by atoms with van der Waals surface area (Å²) in [5, 5.41) is 0.950. The summed E-state index contributed by atoms with van der Waals surface area (Å²) in [5.74, 6) is 1.52. The van der Waals surface area contributed by atoms with Crippen molar-refractivity contribution in [2.45, 2.75) is 19.3 Å². The molecule has 0 N–H and O–H groups in total. The third-order valence-corrected chi connectivity index (χ3v) is 5.62. The number of nitrogens with zero attached hydrogens (tertiary/aromatic N) is 3. The highest BCUT2D eigenvalue weighted by Gasteiger charge is 2.25. The smallest absolute Gasteiger partial charge is 0.363 e. The highest BCUT2D eigenvalue weighted by atomic mass is 16.6. The largest absolute Gasteiger partial charge is 0.497 e. The third-order valence-electron chi connectivity index (χ3n) is 5.62. The minimum Gasteiger partial charge on any atom is -0.497 e. The molecule has 2 aliphatic heterocycles. The summed E-state index contributed by atoms with van der Waals surface area (Å²) in [6, 6.07) is 17.3. The van der Waals surface area contributed by atoms with Crippen LogP contribution in [0.5, 0.6) is 5.75 Å². The number of aliphatic imine (C=N–C) groups is 1. The molecular weight excluding hydrogens is 390 g/mol. The maximum Gasteiger partial charge on any atom is 0.363 e. The first-order valence-electron chi connectivity index (χ1n) is 10.5. The number of pyridine rings is 1. The Morgan fingerprint density at radius 1 is 1.03 bits per heavy atom. The Hall–Kier alpha value is -3.67. The Morgan fingerprint density at radius 2 is 1.84 bits per heavy atom. The van der Waals surface area contributed by atoms with Crippen molar-refractivity contribution in [3.05, 3.63) is 71.4 Å². The van der Waals surface area contributed by atoms with Crippen LogP contribution in [0.25, 0.3) is 17.0 Å². The average molecular weight is 413 g/mol. The van der Waals surface area contributed by atoms with Gasteiger partial charge in [-0.15, -0.1) is 0 Å². The zero-order valence-electron chi connectivity index (χ0n) is 17.4. The van der Waals surface area contributed by atoms with Crippen LogP contribution in [-0.4, -0.2) is 37.1 Å². The topological polar surface area (TPSA) is 64.0 Å². The number of esters is 1. The summed E-state index contributed by atoms with van der Waals surface area (Å²) in [6.45, 7) is 1.90. The molecule has 0 amide bonds. The van der Waals surface area contributed by atoms with Gasteiger partial charge in [0.25, 0.3) is 0 Å². The molecule has 0 aliphatic carbocycles. The van der Waals surface area contributed by atoms with E-state index in [4.69, 9.17) is 14.5 Å². The molecule has 5 rings (SSSR count). The summed E-state index contributed by atoms with van der Waals surface area (Å²) in [6.07, 6.45) is 5.29. The van der Waals surface area contributed by atoms with Gasteiger partial charge in [0.15, 0.2) is 5.70 Å². The van der Waals surface area contributed by atoms with Crippen LogP contribution in [0.2, 0.25) is 0 Å². The van der Waals surface area contributed by atoms with Gasteiger partial charge in [0.05, 0.1) is 12.6 Å². The third kappa shape index (κ3) is 3.89. The Kier molecular flexibility index (Phi) is 5.12. The van der Waals surface area contributed by atoms with E-state index < -0.39 is 5.97 Å². The second-order valence-electron chi connectivity index (χ2n) is 7.71. The molecular formula is C25H23N3O3. The fourth-order valence-corrected chi connectivity index (χ4v) is 4.01. The molecule has 0 atom stereocenters. The van der Waals surface area contributed by atoms with Crippen molar-refractivity contribution in [1.82, 2.24) is 4.98 Å². The Labute approximate surface area is 180 Å². The molecule has 0 unspecified atom stereocenters. The molecule has 1 fully saturated rings. The van der Waals surface area contributed by atoms with Gasteiger partial charge in [0.1, 0.15) is 11.6 Å². The highest BCUT2D eigenvalue weighted by Crippen LogP contribution is 2.31. The van der Waals surface area contributed by atoms with Crippen LogP contribution in [0.4, 0.5) is 5.82 Å². The van der Waals surface area contributed by atoms with E-state index in [1.165, 1.54) is 6.42 Å². The van der Waals surface area contributed by atoms with Gasteiger partial charge in [-0.3, -0.25) is 0 Å². The number of cyclic esters (lactones) is 1. The number of anilines is 1. The van der Waals surface area contributed by atoms with Crippen LogP contribution in [0, 0.1) is 0 Å². The van der Waals surface area contributed by atoms with Crippen molar-refractivity contribution in [2.75, 3.05) is 25.1 Å². The van der Waals surface area contributed by atoms with Gasteiger partial charge in [0, 0.05) is 29.6 Å². The Bertz CT molecular complexity index is 1200. The van der Waals surface area contributed by atoms with Gasteiger partial charge in [-0.25, -0.2) is 14.8 Å². The number of rotatable bonds is 4. The molecule has 6 nitrogen and oxygen atoms in total. The lowest BCUT2D eigenvalue weighted by Crippen LogP contribution is -2.30. The molecule has 2 aliphatic rings. The van der Waals surface area contributed by atoms with Crippen molar-refractivity contribution < 1.29 is 14.3 Å². The van der Waals surface area contributed by atoms with Crippen molar-refractivity contribution in [3.8, 4) is 5.75 Å². The van der Waals surface area contributed by atoms with E-state index in [0.717, 1.165) is 59.5 Å². The van der Waals surface area contributed by atoms with Crippen molar-refractivity contribution in [1.29, 1.82) is 0 Å². The van der Waals surface area contributed by atoms with E-state index in [-0.39, 0.29) is 5.70 Å². The fraction of sp³-hybridized carbons (Fsp3) is 0.240. The summed E-state index contributed by atoms with van der Waals surface area (Å²) < 4.78 is 10.8. The van der Waals surface area contributed by atoms with E-state index in [9.17, 15) is 4.79 Å². The molecule has 0 saturated carbocycles. The SMILES string of the molecule is COc1ccc2nc(N3CCCCC3)c(C=C3N=C(c4ccccc4)OC3=O)cc2c1. The quantitative estimate of drug-likeness (QED) is 0.463. The second kappa shape index (κ2) is 8.22. The maximum absolute atomic E-state index is 12.6. The number of ether oxygens (including phenoxy) is 2. The van der Waals surface area contributed by atoms with E-state index in [2.05, 4.69) is 9.89 Å². The second-order valence-corrected chi connectivity index (χ2v) is 7.71.